The SMILES string of the molecule is CCOCC(NC(=O)C(C)N1CCNCC1)C(C)C. The van der Waals surface area contributed by atoms with Gasteiger partial charge in [0.05, 0.1) is 18.7 Å². The fourth-order valence-corrected chi connectivity index (χ4v) is 2.18. The van der Waals surface area contributed by atoms with Crippen LogP contribution < -0.4 is 10.6 Å². The minimum atomic E-state index is -0.0648. The molecule has 1 heterocycles. The van der Waals surface area contributed by atoms with Crippen molar-refractivity contribution in [3.63, 3.8) is 0 Å². The fourth-order valence-electron chi connectivity index (χ4n) is 2.18. The van der Waals surface area contributed by atoms with Crippen molar-refractivity contribution < 1.29 is 9.53 Å². The molecule has 2 atom stereocenters. The van der Waals surface area contributed by atoms with Crippen LogP contribution in [-0.4, -0.2) is 62.3 Å². The molecule has 1 aliphatic rings. The van der Waals surface area contributed by atoms with Crippen molar-refractivity contribution in [3.8, 4) is 0 Å². The Bertz CT molecular complexity index is 265. The Balaban J connectivity index is 2.45. The molecule has 5 heteroatoms. The van der Waals surface area contributed by atoms with Crippen LogP contribution in [0.4, 0.5) is 0 Å². The van der Waals surface area contributed by atoms with E-state index in [-0.39, 0.29) is 18.0 Å². The van der Waals surface area contributed by atoms with Crippen LogP contribution in [0.25, 0.3) is 0 Å². The summed E-state index contributed by atoms with van der Waals surface area (Å²) in [5.74, 6) is 0.492. The average Bonchev–Trinajstić information content (AvgIpc) is 2.43. The topological polar surface area (TPSA) is 53.6 Å². The van der Waals surface area contributed by atoms with Gasteiger partial charge in [0.2, 0.25) is 5.91 Å². The van der Waals surface area contributed by atoms with Crippen LogP contribution in [0.3, 0.4) is 0 Å². The van der Waals surface area contributed by atoms with Crippen LogP contribution in [0, 0.1) is 5.92 Å². The first-order valence-electron chi connectivity index (χ1n) is 7.39. The molecule has 0 bridgehead atoms. The molecule has 112 valence electrons. The first kappa shape index (κ1) is 16.4. The van der Waals surface area contributed by atoms with E-state index in [0.29, 0.717) is 19.1 Å². The Kier molecular flexibility index (Phi) is 7.34. The maximum Gasteiger partial charge on any atom is 0.237 e. The molecule has 0 radical (unpaired) electrons. The zero-order chi connectivity index (χ0) is 14.3. The van der Waals surface area contributed by atoms with Crippen molar-refractivity contribution in [2.45, 2.75) is 39.8 Å². The van der Waals surface area contributed by atoms with Crippen LogP contribution in [0.15, 0.2) is 0 Å². The molecule has 0 saturated carbocycles. The molecule has 0 aliphatic carbocycles. The zero-order valence-corrected chi connectivity index (χ0v) is 12.7. The van der Waals surface area contributed by atoms with Gasteiger partial charge in [0.15, 0.2) is 0 Å². The Morgan fingerprint density at radius 3 is 2.47 bits per heavy atom. The summed E-state index contributed by atoms with van der Waals surface area (Å²) < 4.78 is 5.44. The molecule has 0 aromatic carbocycles. The lowest BCUT2D eigenvalue weighted by Crippen LogP contribution is -2.55. The second-order valence-corrected chi connectivity index (χ2v) is 5.48. The maximum absolute atomic E-state index is 12.3. The monoisotopic (exact) mass is 271 g/mol. The molecular weight excluding hydrogens is 242 g/mol. The molecule has 1 rings (SSSR count). The minimum Gasteiger partial charge on any atom is -0.380 e. The molecule has 1 fully saturated rings. The fraction of sp³-hybridized carbons (Fsp3) is 0.929. The maximum atomic E-state index is 12.3. The number of hydrogen-bond acceptors (Lipinski definition) is 4. The van der Waals surface area contributed by atoms with E-state index in [1.165, 1.54) is 0 Å². The van der Waals surface area contributed by atoms with Crippen molar-refractivity contribution in [1.82, 2.24) is 15.5 Å². The van der Waals surface area contributed by atoms with E-state index in [9.17, 15) is 4.79 Å². The van der Waals surface area contributed by atoms with Gasteiger partial charge < -0.3 is 15.4 Å². The van der Waals surface area contributed by atoms with Crippen LogP contribution in [0.5, 0.6) is 0 Å². The normalized spacial score (nSPS) is 20.3. The van der Waals surface area contributed by atoms with E-state index < -0.39 is 0 Å². The predicted octanol–water partition coefficient (Wildman–Crippen LogP) is 0.457. The van der Waals surface area contributed by atoms with Gasteiger partial charge in [-0.05, 0) is 19.8 Å². The summed E-state index contributed by atoms with van der Waals surface area (Å²) in [6.45, 7) is 13.3. The number of carbonyl (C=O) groups excluding carboxylic acids is 1. The van der Waals surface area contributed by atoms with Gasteiger partial charge in [0.1, 0.15) is 0 Å². The predicted molar refractivity (Wildman–Crippen MR) is 77.2 cm³/mol. The molecular formula is C14H29N3O2. The third kappa shape index (κ3) is 5.47. The minimum absolute atomic E-state index is 0.0648. The first-order valence-corrected chi connectivity index (χ1v) is 7.39. The third-order valence-electron chi connectivity index (χ3n) is 3.71. The molecule has 0 spiro atoms. The number of carbonyl (C=O) groups is 1. The van der Waals surface area contributed by atoms with Gasteiger partial charge >= 0.3 is 0 Å². The summed E-state index contributed by atoms with van der Waals surface area (Å²) in [7, 11) is 0. The van der Waals surface area contributed by atoms with E-state index in [1.807, 2.05) is 13.8 Å². The number of amides is 1. The number of nitrogens with one attached hydrogen (secondary N) is 2. The molecule has 5 nitrogen and oxygen atoms in total. The number of ether oxygens (including phenoxy) is 1. The Labute approximate surface area is 117 Å². The van der Waals surface area contributed by atoms with Crippen LogP contribution in [0.1, 0.15) is 27.7 Å². The highest BCUT2D eigenvalue weighted by molar-refractivity contribution is 5.81. The van der Waals surface area contributed by atoms with Gasteiger partial charge in [-0.15, -0.1) is 0 Å². The molecule has 1 aliphatic heterocycles. The van der Waals surface area contributed by atoms with Gasteiger partial charge in [-0.2, -0.15) is 0 Å². The highest BCUT2D eigenvalue weighted by Crippen LogP contribution is 2.06. The van der Waals surface area contributed by atoms with Crippen LogP contribution >= 0.6 is 0 Å². The summed E-state index contributed by atoms with van der Waals surface area (Å²) in [6, 6.07) is 0.0304. The van der Waals surface area contributed by atoms with E-state index in [1.54, 1.807) is 0 Å². The molecule has 19 heavy (non-hydrogen) atoms. The number of nitrogens with zero attached hydrogens (tertiary/aromatic N) is 1. The lowest BCUT2D eigenvalue weighted by atomic mass is 10.0. The summed E-state index contributed by atoms with van der Waals surface area (Å²) in [5.41, 5.74) is 0. The number of piperazine rings is 1. The van der Waals surface area contributed by atoms with Crippen molar-refractivity contribution >= 4 is 5.91 Å². The van der Waals surface area contributed by atoms with Crippen molar-refractivity contribution in [2.24, 2.45) is 5.92 Å². The van der Waals surface area contributed by atoms with Crippen molar-refractivity contribution in [3.05, 3.63) is 0 Å². The van der Waals surface area contributed by atoms with Gasteiger partial charge in [-0.1, -0.05) is 13.8 Å². The lowest BCUT2D eigenvalue weighted by Gasteiger charge is -2.33. The highest BCUT2D eigenvalue weighted by Gasteiger charge is 2.25. The lowest BCUT2D eigenvalue weighted by molar-refractivity contribution is -0.127. The number of hydrogen-bond donors (Lipinski definition) is 2. The van der Waals surface area contributed by atoms with Gasteiger partial charge in [-0.25, -0.2) is 0 Å². The summed E-state index contributed by atoms with van der Waals surface area (Å²) in [6.07, 6.45) is 0. The number of rotatable bonds is 7. The van der Waals surface area contributed by atoms with Gasteiger partial charge in [-0.3, -0.25) is 9.69 Å². The second-order valence-electron chi connectivity index (χ2n) is 5.48. The Morgan fingerprint density at radius 2 is 1.95 bits per heavy atom. The van der Waals surface area contributed by atoms with E-state index >= 15 is 0 Å². The van der Waals surface area contributed by atoms with Gasteiger partial charge in [0, 0.05) is 32.8 Å². The van der Waals surface area contributed by atoms with Gasteiger partial charge in [0.25, 0.3) is 0 Å². The first-order chi connectivity index (χ1) is 9.06. The quantitative estimate of drug-likeness (QED) is 0.706. The van der Waals surface area contributed by atoms with E-state index in [4.69, 9.17) is 4.74 Å². The third-order valence-corrected chi connectivity index (χ3v) is 3.71. The van der Waals surface area contributed by atoms with Crippen molar-refractivity contribution in [1.29, 1.82) is 0 Å². The average molecular weight is 271 g/mol. The molecule has 1 amide bonds. The van der Waals surface area contributed by atoms with Crippen LogP contribution in [-0.2, 0) is 9.53 Å². The highest BCUT2D eigenvalue weighted by atomic mass is 16.5. The van der Waals surface area contributed by atoms with E-state index in [2.05, 4.69) is 29.4 Å². The summed E-state index contributed by atoms with van der Waals surface area (Å²) in [5, 5.41) is 6.42. The second kappa shape index (κ2) is 8.51. The van der Waals surface area contributed by atoms with Crippen LogP contribution in [0.2, 0.25) is 0 Å². The molecule has 1 saturated heterocycles. The standard InChI is InChI=1S/C14H29N3O2/c1-5-19-10-13(11(2)3)16-14(18)12(4)17-8-6-15-7-9-17/h11-13,15H,5-10H2,1-4H3,(H,16,18). The Morgan fingerprint density at radius 1 is 1.32 bits per heavy atom. The molecule has 0 aromatic heterocycles. The zero-order valence-electron chi connectivity index (χ0n) is 12.7. The largest absolute Gasteiger partial charge is 0.380 e. The molecule has 2 N–H and O–H groups in total. The smallest absolute Gasteiger partial charge is 0.237 e. The summed E-state index contributed by atoms with van der Waals surface area (Å²) in [4.78, 5) is 14.5. The van der Waals surface area contributed by atoms with Crippen molar-refractivity contribution in [2.75, 3.05) is 39.4 Å². The van der Waals surface area contributed by atoms with E-state index in [0.717, 1.165) is 26.2 Å². The summed E-state index contributed by atoms with van der Waals surface area (Å²) >= 11 is 0. The molecule has 2 unspecified atom stereocenters. The molecule has 0 aromatic rings. The Hall–Kier alpha value is -0.650.